The van der Waals surface area contributed by atoms with Crippen LogP contribution in [0.25, 0.3) is 0 Å². The topological polar surface area (TPSA) is 65.1 Å². The predicted octanol–water partition coefficient (Wildman–Crippen LogP) is 4.82. The van der Waals surface area contributed by atoms with Crippen molar-refractivity contribution in [2.45, 2.75) is 62.7 Å². The molecule has 0 aliphatic carbocycles. The van der Waals surface area contributed by atoms with E-state index in [0.717, 1.165) is 12.0 Å². The summed E-state index contributed by atoms with van der Waals surface area (Å²) in [5.41, 5.74) is 1.01. The standard InChI is InChI=1S/C29H36O5SSi/c1-23-17-19-24(20-18-23)35(30,31)32-21-11-16-27-28(34-27)22-33-36(29(2,3)4,25-12-7-5-8-13-25)26-14-9-6-10-15-26/h5-10,12-15,17-20,27-28H,11,16,21-22H2,1-4H3/t27-,28+/m1/s1. The van der Waals surface area contributed by atoms with Crippen LogP contribution in [0.3, 0.4) is 0 Å². The van der Waals surface area contributed by atoms with E-state index in [-0.39, 0.29) is 28.7 Å². The van der Waals surface area contributed by atoms with Gasteiger partial charge >= 0.3 is 0 Å². The molecule has 7 heteroatoms. The van der Waals surface area contributed by atoms with Crippen molar-refractivity contribution in [1.82, 2.24) is 0 Å². The number of benzene rings is 3. The third-order valence-electron chi connectivity index (χ3n) is 6.75. The Labute approximate surface area is 216 Å². The van der Waals surface area contributed by atoms with Gasteiger partial charge in [-0.2, -0.15) is 8.42 Å². The number of epoxide rings is 1. The maximum atomic E-state index is 12.4. The summed E-state index contributed by atoms with van der Waals surface area (Å²) in [5, 5.41) is 2.41. The second-order valence-electron chi connectivity index (χ2n) is 10.4. The molecule has 5 nitrogen and oxygen atoms in total. The van der Waals surface area contributed by atoms with Gasteiger partial charge in [-0.3, -0.25) is 4.18 Å². The van der Waals surface area contributed by atoms with Crippen molar-refractivity contribution in [2.24, 2.45) is 0 Å². The van der Waals surface area contributed by atoms with Crippen LogP contribution < -0.4 is 10.4 Å². The van der Waals surface area contributed by atoms with Crippen molar-refractivity contribution in [3.8, 4) is 0 Å². The van der Waals surface area contributed by atoms with Gasteiger partial charge in [0.2, 0.25) is 0 Å². The van der Waals surface area contributed by atoms with E-state index in [9.17, 15) is 8.42 Å². The van der Waals surface area contributed by atoms with Crippen molar-refractivity contribution in [3.05, 3.63) is 90.5 Å². The average molecular weight is 525 g/mol. The maximum absolute atomic E-state index is 12.4. The molecule has 0 aromatic heterocycles. The first-order valence-corrected chi connectivity index (χ1v) is 15.8. The fraction of sp³-hybridized carbons (Fsp3) is 0.379. The minimum Gasteiger partial charge on any atom is -0.405 e. The summed E-state index contributed by atoms with van der Waals surface area (Å²) >= 11 is 0. The van der Waals surface area contributed by atoms with Crippen LogP contribution in [0.5, 0.6) is 0 Å². The summed E-state index contributed by atoms with van der Waals surface area (Å²) in [5.74, 6) is 0. The van der Waals surface area contributed by atoms with Gasteiger partial charge in [0, 0.05) is 0 Å². The highest BCUT2D eigenvalue weighted by Crippen LogP contribution is 2.38. The zero-order valence-electron chi connectivity index (χ0n) is 21.5. The summed E-state index contributed by atoms with van der Waals surface area (Å²) in [6, 6.07) is 27.8. The lowest BCUT2D eigenvalue weighted by atomic mass is 10.2. The Morgan fingerprint density at radius 2 is 1.39 bits per heavy atom. The Bertz CT molecular complexity index is 1180. The van der Waals surface area contributed by atoms with Crippen LogP contribution in [0.2, 0.25) is 5.04 Å². The molecule has 0 saturated carbocycles. The maximum Gasteiger partial charge on any atom is 0.296 e. The lowest BCUT2D eigenvalue weighted by Gasteiger charge is -2.43. The molecular weight excluding hydrogens is 488 g/mol. The Balaban J connectivity index is 1.36. The smallest absolute Gasteiger partial charge is 0.296 e. The molecule has 36 heavy (non-hydrogen) atoms. The molecule has 1 heterocycles. The molecule has 0 radical (unpaired) electrons. The van der Waals surface area contributed by atoms with Gasteiger partial charge in [0.1, 0.15) is 6.10 Å². The third kappa shape index (κ3) is 5.98. The predicted molar refractivity (Wildman–Crippen MR) is 146 cm³/mol. The molecule has 0 spiro atoms. The highest BCUT2D eigenvalue weighted by atomic mass is 32.2. The zero-order valence-corrected chi connectivity index (χ0v) is 23.3. The molecule has 3 aromatic rings. The molecular formula is C29H36O5SSi. The molecule has 1 aliphatic heterocycles. The van der Waals surface area contributed by atoms with Gasteiger partial charge in [-0.15, -0.1) is 0 Å². The number of hydrogen-bond acceptors (Lipinski definition) is 5. The van der Waals surface area contributed by atoms with Gasteiger partial charge in [0.05, 0.1) is 24.2 Å². The summed E-state index contributed by atoms with van der Waals surface area (Å²) in [4.78, 5) is 0.187. The van der Waals surface area contributed by atoms with Gasteiger partial charge in [0.15, 0.2) is 0 Å². The van der Waals surface area contributed by atoms with E-state index in [0.29, 0.717) is 13.0 Å². The molecule has 0 unspecified atom stereocenters. The van der Waals surface area contributed by atoms with Crippen LogP contribution >= 0.6 is 0 Å². The molecule has 2 atom stereocenters. The molecule has 1 saturated heterocycles. The Morgan fingerprint density at radius 1 is 0.833 bits per heavy atom. The first-order valence-electron chi connectivity index (χ1n) is 12.5. The highest BCUT2D eigenvalue weighted by molar-refractivity contribution is 7.86. The molecule has 0 bridgehead atoms. The summed E-state index contributed by atoms with van der Waals surface area (Å²) in [6.07, 6.45) is 1.41. The largest absolute Gasteiger partial charge is 0.405 e. The molecule has 192 valence electrons. The number of aryl methyl sites for hydroxylation is 1. The monoisotopic (exact) mass is 524 g/mol. The van der Waals surface area contributed by atoms with Gasteiger partial charge in [-0.1, -0.05) is 99.1 Å². The van der Waals surface area contributed by atoms with E-state index in [1.807, 2.05) is 19.1 Å². The lowest BCUT2D eigenvalue weighted by Crippen LogP contribution is -2.66. The quantitative estimate of drug-likeness (QED) is 0.156. The van der Waals surface area contributed by atoms with Crippen LogP contribution in [0.4, 0.5) is 0 Å². The van der Waals surface area contributed by atoms with Gasteiger partial charge in [-0.25, -0.2) is 0 Å². The molecule has 3 aromatic carbocycles. The molecule has 0 amide bonds. The number of hydrogen-bond donors (Lipinski definition) is 0. The van der Waals surface area contributed by atoms with Crippen molar-refractivity contribution in [1.29, 1.82) is 0 Å². The number of rotatable bonds is 11. The van der Waals surface area contributed by atoms with E-state index >= 15 is 0 Å². The van der Waals surface area contributed by atoms with E-state index in [2.05, 4.69) is 69.3 Å². The summed E-state index contributed by atoms with van der Waals surface area (Å²) < 4.78 is 42.8. The van der Waals surface area contributed by atoms with Gasteiger partial charge in [-0.05, 0) is 47.3 Å². The Kier molecular flexibility index (Phi) is 8.17. The molecule has 4 rings (SSSR count). The molecule has 0 N–H and O–H groups in total. The van der Waals surface area contributed by atoms with Crippen molar-refractivity contribution in [2.75, 3.05) is 13.2 Å². The molecule has 1 aliphatic rings. The second-order valence-corrected chi connectivity index (χ2v) is 16.3. The third-order valence-corrected chi connectivity index (χ3v) is 13.1. The van der Waals surface area contributed by atoms with E-state index < -0.39 is 18.4 Å². The second kappa shape index (κ2) is 11.0. The summed E-state index contributed by atoms with van der Waals surface area (Å²) in [7, 11) is -6.33. The molecule has 1 fully saturated rings. The van der Waals surface area contributed by atoms with E-state index in [1.165, 1.54) is 10.4 Å². The van der Waals surface area contributed by atoms with E-state index in [4.69, 9.17) is 13.3 Å². The lowest BCUT2D eigenvalue weighted by molar-refractivity contribution is 0.246. The van der Waals surface area contributed by atoms with Crippen molar-refractivity contribution < 1.29 is 21.8 Å². The fourth-order valence-electron chi connectivity index (χ4n) is 4.77. The summed E-state index contributed by atoms with van der Waals surface area (Å²) in [6.45, 7) is 9.35. The average Bonchev–Trinajstić information content (AvgIpc) is 3.61. The minimum absolute atomic E-state index is 0.0142. The first kappa shape index (κ1) is 26.8. The van der Waals surface area contributed by atoms with Crippen molar-refractivity contribution >= 4 is 28.8 Å². The Morgan fingerprint density at radius 3 is 1.92 bits per heavy atom. The van der Waals surface area contributed by atoms with Crippen LogP contribution in [0, 0.1) is 6.92 Å². The normalized spacial score (nSPS) is 18.2. The van der Waals surface area contributed by atoms with E-state index in [1.54, 1.807) is 24.3 Å². The van der Waals surface area contributed by atoms with Gasteiger partial charge < -0.3 is 9.16 Å². The highest BCUT2D eigenvalue weighted by Gasteiger charge is 2.52. The van der Waals surface area contributed by atoms with Crippen LogP contribution in [-0.2, 0) is 23.5 Å². The minimum atomic E-state index is -3.74. The van der Waals surface area contributed by atoms with Gasteiger partial charge in [0.25, 0.3) is 18.4 Å². The Hall–Kier alpha value is -2.29. The van der Waals surface area contributed by atoms with Crippen LogP contribution in [0.1, 0.15) is 39.2 Å². The first-order chi connectivity index (χ1) is 17.1. The zero-order chi connectivity index (χ0) is 25.8. The van der Waals surface area contributed by atoms with Crippen LogP contribution in [0.15, 0.2) is 89.8 Å². The fourth-order valence-corrected chi connectivity index (χ4v) is 10.3. The van der Waals surface area contributed by atoms with Crippen LogP contribution in [-0.4, -0.2) is 42.2 Å². The van der Waals surface area contributed by atoms with Crippen molar-refractivity contribution in [3.63, 3.8) is 0 Å². The number of ether oxygens (including phenoxy) is 1. The SMILES string of the molecule is Cc1ccc(S(=O)(=O)OCCC[C@H]2O[C@H]2CO[Si](c2ccccc2)(c2ccccc2)C(C)(C)C)cc1.